The molecule has 1 aromatic carbocycles. The molecule has 2 heterocycles. The number of carbonyl (C=O) groups is 1. The SMILES string of the molecule is Cc1occc1C(=O)NCC1Cc2ccccc2O1. The zero-order chi connectivity index (χ0) is 13.2. The summed E-state index contributed by atoms with van der Waals surface area (Å²) in [6, 6.07) is 9.64. The third-order valence-electron chi connectivity index (χ3n) is 3.31. The molecule has 4 nitrogen and oxygen atoms in total. The van der Waals surface area contributed by atoms with E-state index in [0.29, 0.717) is 17.9 Å². The van der Waals surface area contributed by atoms with E-state index in [1.54, 1.807) is 13.0 Å². The summed E-state index contributed by atoms with van der Waals surface area (Å²) in [5.41, 5.74) is 1.77. The van der Waals surface area contributed by atoms with Crippen LogP contribution in [0.2, 0.25) is 0 Å². The lowest BCUT2D eigenvalue weighted by atomic mass is 10.1. The molecule has 0 saturated heterocycles. The van der Waals surface area contributed by atoms with E-state index < -0.39 is 0 Å². The molecule has 3 rings (SSSR count). The Bertz CT molecular complexity index is 578. The number of amides is 1. The van der Waals surface area contributed by atoms with Gasteiger partial charge in [0.2, 0.25) is 0 Å². The molecule has 1 aliphatic heterocycles. The second-order valence-electron chi connectivity index (χ2n) is 4.65. The largest absolute Gasteiger partial charge is 0.488 e. The van der Waals surface area contributed by atoms with Gasteiger partial charge in [0.05, 0.1) is 18.4 Å². The summed E-state index contributed by atoms with van der Waals surface area (Å²) < 4.78 is 10.9. The minimum absolute atomic E-state index is 0.00792. The van der Waals surface area contributed by atoms with Crippen molar-refractivity contribution in [1.82, 2.24) is 5.32 Å². The maximum absolute atomic E-state index is 11.9. The normalized spacial score (nSPS) is 16.8. The van der Waals surface area contributed by atoms with E-state index in [1.165, 1.54) is 11.8 Å². The molecule has 0 aliphatic carbocycles. The molecule has 0 radical (unpaired) electrons. The van der Waals surface area contributed by atoms with Gasteiger partial charge in [0.25, 0.3) is 5.91 Å². The van der Waals surface area contributed by atoms with Crippen LogP contribution in [0.15, 0.2) is 41.0 Å². The highest BCUT2D eigenvalue weighted by Crippen LogP contribution is 2.27. The van der Waals surface area contributed by atoms with E-state index in [4.69, 9.17) is 9.15 Å². The Morgan fingerprint density at radius 3 is 2.95 bits per heavy atom. The van der Waals surface area contributed by atoms with Gasteiger partial charge >= 0.3 is 0 Å². The Balaban J connectivity index is 1.58. The van der Waals surface area contributed by atoms with Gasteiger partial charge in [-0.1, -0.05) is 18.2 Å². The molecule has 0 fully saturated rings. The average Bonchev–Trinajstić information content (AvgIpc) is 3.01. The van der Waals surface area contributed by atoms with Gasteiger partial charge in [-0.2, -0.15) is 0 Å². The predicted octanol–water partition coefficient (Wildman–Crippen LogP) is 2.32. The molecular formula is C15H15NO3. The van der Waals surface area contributed by atoms with Crippen molar-refractivity contribution < 1.29 is 13.9 Å². The molecule has 1 aromatic heterocycles. The number of rotatable bonds is 3. The second-order valence-corrected chi connectivity index (χ2v) is 4.65. The first-order chi connectivity index (χ1) is 9.24. The van der Waals surface area contributed by atoms with Crippen LogP contribution in [0.1, 0.15) is 21.7 Å². The molecule has 0 saturated carbocycles. The van der Waals surface area contributed by atoms with Gasteiger partial charge in [-0.05, 0) is 24.6 Å². The lowest BCUT2D eigenvalue weighted by Crippen LogP contribution is -2.34. The fraction of sp³-hybridized carbons (Fsp3) is 0.267. The van der Waals surface area contributed by atoms with Crippen molar-refractivity contribution in [3.8, 4) is 5.75 Å². The topological polar surface area (TPSA) is 51.5 Å². The van der Waals surface area contributed by atoms with Gasteiger partial charge in [0.1, 0.15) is 17.6 Å². The molecule has 19 heavy (non-hydrogen) atoms. The number of benzene rings is 1. The molecule has 1 aliphatic rings. The lowest BCUT2D eigenvalue weighted by molar-refractivity contribution is 0.0932. The maximum Gasteiger partial charge on any atom is 0.254 e. The monoisotopic (exact) mass is 257 g/mol. The van der Waals surface area contributed by atoms with Crippen LogP contribution in [-0.2, 0) is 6.42 Å². The third kappa shape index (κ3) is 2.34. The van der Waals surface area contributed by atoms with Crippen LogP contribution >= 0.6 is 0 Å². The Morgan fingerprint density at radius 1 is 1.37 bits per heavy atom. The Hall–Kier alpha value is -2.23. The highest BCUT2D eigenvalue weighted by molar-refractivity contribution is 5.95. The van der Waals surface area contributed by atoms with E-state index in [0.717, 1.165) is 12.2 Å². The van der Waals surface area contributed by atoms with Crippen molar-refractivity contribution in [2.75, 3.05) is 6.54 Å². The molecule has 1 atom stereocenters. The number of para-hydroxylation sites is 1. The third-order valence-corrected chi connectivity index (χ3v) is 3.31. The fourth-order valence-corrected chi connectivity index (χ4v) is 2.29. The van der Waals surface area contributed by atoms with Crippen LogP contribution in [0.4, 0.5) is 0 Å². The number of nitrogens with one attached hydrogen (secondary N) is 1. The van der Waals surface area contributed by atoms with Crippen LogP contribution in [0.25, 0.3) is 0 Å². The first-order valence-corrected chi connectivity index (χ1v) is 6.31. The van der Waals surface area contributed by atoms with Gasteiger partial charge in [0, 0.05) is 6.42 Å². The molecule has 2 aromatic rings. The molecule has 4 heteroatoms. The van der Waals surface area contributed by atoms with E-state index in [-0.39, 0.29) is 12.0 Å². The van der Waals surface area contributed by atoms with Crippen molar-refractivity contribution in [2.24, 2.45) is 0 Å². The van der Waals surface area contributed by atoms with Gasteiger partial charge < -0.3 is 14.5 Å². The van der Waals surface area contributed by atoms with Crippen molar-refractivity contribution in [1.29, 1.82) is 0 Å². The minimum Gasteiger partial charge on any atom is -0.488 e. The number of ether oxygens (including phenoxy) is 1. The van der Waals surface area contributed by atoms with E-state index in [2.05, 4.69) is 11.4 Å². The number of hydrogen-bond acceptors (Lipinski definition) is 3. The van der Waals surface area contributed by atoms with Crippen LogP contribution < -0.4 is 10.1 Å². The predicted molar refractivity (Wildman–Crippen MR) is 70.3 cm³/mol. The van der Waals surface area contributed by atoms with Gasteiger partial charge in [-0.3, -0.25) is 4.79 Å². The van der Waals surface area contributed by atoms with Crippen LogP contribution in [0, 0.1) is 6.92 Å². The highest BCUT2D eigenvalue weighted by Gasteiger charge is 2.23. The fourth-order valence-electron chi connectivity index (χ4n) is 2.29. The molecule has 0 bridgehead atoms. The second kappa shape index (κ2) is 4.80. The number of fused-ring (bicyclic) bond motifs is 1. The maximum atomic E-state index is 11.9. The minimum atomic E-state index is -0.120. The Morgan fingerprint density at radius 2 is 2.21 bits per heavy atom. The van der Waals surface area contributed by atoms with Crippen molar-refractivity contribution in [2.45, 2.75) is 19.4 Å². The van der Waals surface area contributed by atoms with Crippen LogP contribution in [0.3, 0.4) is 0 Å². The number of aryl methyl sites for hydroxylation is 1. The molecule has 0 spiro atoms. The number of carbonyl (C=O) groups excluding carboxylic acids is 1. The van der Waals surface area contributed by atoms with Crippen molar-refractivity contribution in [3.63, 3.8) is 0 Å². The van der Waals surface area contributed by atoms with E-state index in [1.807, 2.05) is 18.2 Å². The number of hydrogen-bond donors (Lipinski definition) is 1. The first-order valence-electron chi connectivity index (χ1n) is 6.31. The summed E-state index contributed by atoms with van der Waals surface area (Å²) in [4.78, 5) is 11.9. The van der Waals surface area contributed by atoms with Crippen LogP contribution in [0.5, 0.6) is 5.75 Å². The zero-order valence-electron chi connectivity index (χ0n) is 10.7. The van der Waals surface area contributed by atoms with Gasteiger partial charge in [-0.15, -0.1) is 0 Å². The first kappa shape index (κ1) is 11.8. The van der Waals surface area contributed by atoms with Crippen LogP contribution in [-0.4, -0.2) is 18.6 Å². The highest BCUT2D eigenvalue weighted by atomic mass is 16.5. The standard InChI is InChI=1S/C15H15NO3/c1-10-13(6-7-18-10)15(17)16-9-12-8-11-4-2-3-5-14(11)19-12/h2-7,12H,8-9H2,1H3,(H,16,17). The van der Waals surface area contributed by atoms with E-state index >= 15 is 0 Å². The van der Waals surface area contributed by atoms with Crippen molar-refractivity contribution in [3.05, 3.63) is 53.5 Å². The van der Waals surface area contributed by atoms with Gasteiger partial charge in [-0.25, -0.2) is 0 Å². The summed E-state index contributed by atoms with van der Waals surface area (Å²) in [6.07, 6.45) is 2.36. The van der Waals surface area contributed by atoms with E-state index in [9.17, 15) is 4.79 Å². The van der Waals surface area contributed by atoms with Crippen molar-refractivity contribution >= 4 is 5.91 Å². The molecule has 1 amide bonds. The summed E-state index contributed by atoms with van der Waals surface area (Å²) in [7, 11) is 0. The smallest absolute Gasteiger partial charge is 0.254 e. The molecule has 1 unspecified atom stereocenters. The number of furan rings is 1. The molecule has 1 N–H and O–H groups in total. The Kier molecular flexibility index (Phi) is 2.99. The average molecular weight is 257 g/mol. The molecule has 98 valence electrons. The van der Waals surface area contributed by atoms with Gasteiger partial charge in [0.15, 0.2) is 0 Å². The zero-order valence-corrected chi connectivity index (χ0v) is 10.7. The summed E-state index contributed by atoms with van der Waals surface area (Å²) in [5.74, 6) is 1.43. The quantitative estimate of drug-likeness (QED) is 0.918. The lowest BCUT2D eigenvalue weighted by Gasteiger charge is -2.11. The summed E-state index contributed by atoms with van der Waals surface area (Å²) >= 11 is 0. The molecular weight excluding hydrogens is 242 g/mol. The summed E-state index contributed by atoms with van der Waals surface area (Å²) in [6.45, 7) is 2.27. The Labute approximate surface area is 111 Å². The summed E-state index contributed by atoms with van der Waals surface area (Å²) in [5, 5.41) is 2.88.